The van der Waals surface area contributed by atoms with E-state index in [0.29, 0.717) is 5.92 Å². The highest BCUT2D eigenvalue weighted by molar-refractivity contribution is 5.29. The maximum Gasteiger partial charge on any atom is 0.0815 e. The van der Waals surface area contributed by atoms with E-state index in [1.807, 2.05) is 12.2 Å². The van der Waals surface area contributed by atoms with Crippen LogP contribution in [0.5, 0.6) is 0 Å². The van der Waals surface area contributed by atoms with Gasteiger partial charge < -0.3 is 10.8 Å². The first kappa shape index (κ1) is 9.94. The molecule has 0 aromatic rings. The van der Waals surface area contributed by atoms with Gasteiger partial charge in [-0.2, -0.15) is 0 Å². The Morgan fingerprint density at radius 3 is 2.64 bits per heavy atom. The van der Waals surface area contributed by atoms with E-state index in [2.05, 4.69) is 6.08 Å². The minimum absolute atomic E-state index is 0.148. The van der Waals surface area contributed by atoms with Crippen LogP contribution in [-0.2, 0) is 0 Å². The summed E-state index contributed by atoms with van der Waals surface area (Å²) in [5.74, 6) is 0.486. The van der Waals surface area contributed by atoms with Crippen LogP contribution in [0.1, 0.15) is 32.1 Å². The first-order valence-corrected chi connectivity index (χ1v) is 5.59. The van der Waals surface area contributed by atoms with Crippen LogP contribution >= 0.6 is 0 Å². The van der Waals surface area contributed by atoms with Crippen molar-refractivity contribution in [1.29, 1.82) is 0 Å². The summed E-state index contributed by atoms with van der Waals surface area (Å²) < 4.78 is 0. The lowest BCUT2D eigenvalue weighted by molar-refractivity contribution is 0.147. The maximum absolute atomic E-state index is 10.1. The molecule has 0 spiro atoms. The monoisotopic (exact) mass is 193 g/mol. The zero-order valence-electron chi connectivity index (χ0n) is 8.52. The smallest absolute Gasteiger partial charge is 0.0815 e. The number of rotatable bonds is 2. The van der Waals surface area contributed by atoms with Gasteiger partial charge in [0.2, 0.25) is 0 Å². The summed E-state index contributed by atoms with van der Waals surface area (Å²) in [6.45, 7) is 0. The van der Waals surface area contributed by atoms with Gasteiger partial charge in [0.15, 0.2) is 0 Å². The van der Waals surface area contributed by atoms with Crippen molar-refractivity contribution in [1.82, 2.24) is 0 Å². The molecule has 2 aliphatic rings. The fourth-order valence-corrected chi connectivity index (χ4v) is 2.42. The van der Waals surface area contributed by atoms with Crippen molar-refractivity contribution in [2.75, 3.05) is 0 Å². The summed E-state index contributed by atoms with van der Waals surface area (Å²) >= 11 is 0. The molecule has 2 atom stereocenters. The Hall–Kier alpha value is -0.600. The molecule has 2 rings (SSSR count). The first-order valence-electron chi connectivity index (χ1n) is 5.59. The van der Waals surface area contributed by atoms with Crippen LogP contribution in [-0.4, -0.2) is 17.3 Å². The van der Waals surface area contributed by atoms with Crippen molar-refractivity contribution in [2.24, 2.45) is 11.7 Å². The summed E-state index contributed by atoms with van der Waals surface area (Å²) in [6, 6.07) is 0.148. The fraction of sp³-hybridized carbons (Fsp3) is 0.667. The van der Waals surface area contributed by atoms with Crippen molar-refractivity contribution < 1.29 is 5.11 Å². The predicted octanol–water partition coefficient (Wildman–Crippen LogP) is 1.75. The highest BCUT2D eigenvalue weighted by Gasteiger charge is 2.25. The van der Waals surface area contributed by atoms with Gasteiger partial charge in [0.05, 0.1) is 6.10 Å². The van der Waals surface area contributed by atoms with Crippen molar-refractivity contribution in [3.05, 3.63) is 23.8 Å². The molecule has 2 unspecified atom stereocenters. The summed E-state index contributed by atoms with van der Waals surface area (Å²) in [4.78, 5) is 0. The molecule has 2 nitrogen and oxygen atoms in total. The number of aliphatic hydroxyl groups excluding tert-OH is 1. The summed E-state index contributed by atoms with van der Waals surface area (Å²) in [5.41, 5.74) is 6.82. The van der Waals surface area contributed by atoms with Crippen LogP contribution in [0.3, 0.4) is 0 Å². The Kier molecular flexibility index (Phi) is 3.04. The van der Waals surface area contributed by atoms with E-state index in [0.717, 1.165) is 12.0 Å². The zero-order chi connectivity index (χ0) is 9.97. The molecule has 0 saturated heterocycles. The summed E-state index contributed by atoms with van der Waals surface area (Å²) in [6.07, 6.45) is 11.6. The predicted molar refractivity (Wildman–Crippen MR) is 57.8 cm³/mol. The molecule has 14 heavy (non-hydrogen) atoms. The van der Waals surface area contributed by atoms with Gasteiger partial charge in [0.25, 0.3) is 0 Å². The van der Waals surface area contributed by atoms with Gasteiger partial charge in [-0.05, 0) is 30.8 Å². The molecule has 78 valence electrons. The van der Waals surface area contributed by atoms with Crippen LogP contribution in [0.15, 0.2) is 23.8 Å². The van der Waals surface area contributed by atoms with E-state index in [4.69, 9.17) is 5.73 Å². The molecular formula is C12H19NO. The van der Waals surface area contributed by atoms with Gasteiger partial charge in [-0.3, -0.25) is 0 Å². The van der Waals surface area contributed by atoms with E-state index in [1.165, 1.54) is 25.7 Å². The molecule has 0 aromatic carbocycles. The van der Waals surface area contributed by atoms with Crippen molar-refractivity contribution in [3.8, 4) is 0 Å². The second kappa shape index (κ2) is 4.28. The summed E-state index contributed by atoms with van der Waals surface area (Å²) in [5, 5.41) is 10.1. The summed E-state index contributed by atoms with van der Waals surface area (Å²) in [7, 11) is 0. The van der Waals surface area contributed by atoms with Gasteiger partial charge in [0, 0.05) is 6.04 Å². The Morgan fingerprint density at radius 2 is 2.07 bits per heavy atom. The van der Waals surface area contributed by atoms with Crippen molar-refractivity contribution in [3.63, 3.8) is 0 Å². The Bertz CT molecular complexity index is 251. The molecule has 1 saturated carbocycles. The van der Waals surface area contributed by atoms with E-state index in [1.54, 1.807) is 0 Å². The number of nitrogens with two attached hydrogens (primary N) is 1. The third-order valence-corrected chi connectivity index (χ3v) is 3.35. The lowest BCUT2D eigenvalue weighted by Gasteiger charge is -2.21. The molecule has 1 fully saturated rings. The quantitative estimate of drug-likeness (QED) is 0.702. The van der Waals surface area contributed by atoms with E-state index in [-0.39, 0.29) is 12.1 Å². The van der Waals surface area contributed by atoms with E-state index < -0.39 is 0 Å². The van der Waals surface area contributed by atoms with Crippen LogP contribution < -0.4 is 5.73 Å². The molecule has 0 heterocycles. The minimum Gasteiger partial charge on any atom is -0.388 e. The minimum atomic E-state index is -0.249. The maximum atomic E-state index is 10.1. The third kappa shape index (κ3) is 2.07. The van der Waals surface area contributed by atoms with Crippen molar-refractivity contribution in [2.45, 2.75) is 44.2 Å². The van der Waals surface area contributed by atoms with Crippen LogP contribution in [0.25, 0.3) is 0 Å². The van der Waals surface area contributed by atoms with E-state index in [9.17, 15) is 5.11 Å². The molecule has 0 radical (unpaired) electrons. The van der Waals surface area contributed by atoms with Gasteiger partial charge in [-0.1, -0.05) is 31.1 Å². The lowest BCUT2D eigenvalue weighted by atomic mass is 9.90. The number of hydrogen-bond acceptors (Lipinski definition) is 2. The number of aliphatic hydroxyl groups is 1. The Labute approximate surface area is 85.5 Å². The van der Waals surface area contributed by atoms with Crippen LogP contribution in [0, 0.1) is 5.92 Å². The van der Waals surface area contributed by atoms with Crippen LogP contribution in [0.2, 0.25) is 0 Å². The van der Waals surface area contributed by atoms with Gasteiger partial charge in [-0.25, -0.2) is 0 Å². The van der Waals surface area contributed by atoms with Gasteiger partial charge in [0.1, 0.15) is 0 Å². The molecule has 2 heteroatoms. The SMILES string of the molecule is NC1C=CC(C(O)C2CCCC2)=CC1. The average Bonchev–Trinajstić information content (AvgIpc) is 2.71. The van der Waals surface area contributed by atoms with Crippen LogP contribution in [0.4, 0.5) is 0 Å². The standard InChI is InChI=1S/C12H19NO/c13-11-7-5-10(6-8-11)12(14)9-3-1-2-4-9/h5-7,9,11-12,14H,1-4,8,13H2. The van der Waals surface area contributed by atoms with Gasteiger partial charge >= 0.3 is 0 Å². The molecule has 0 bridgehead atoms. The fourth-order valence-electron chi connectivity index (χ4n) is 2.42. The highest BCUT2D eigenvalue weighted by Crippen LogP contribution is 2.31. The third-order valence-electron chi connectivity index (χ3n) is 3.35. The second-order valence-corrected chi connectivity index (χ2v) is 4.45. The topological polar surface area (TPSA) is 46.2 Å². The Morgan fingerprint density at radius 1 is 1.36 bits per heavy atom. The Balaban J connectivity index is 1.97. The molecule has 3 N–H and O–H groups in total. The van der Waals surface area contributed by atoms with E-state index >= 15 is 0 Å². The molecular weight excluding hydrogens is 174 g/mol. The second-order valence-electron chi connectivity index (χ2n) is 4.45. The molecule has 0 amide bonds. The normalized spacial score (nSPS) is 30.4. The first-order chi connectivity index (χ1) is 6.77. The zero-order valence-corrected chi connectivity index (χ0v) is 8.52. The number of hydrogen-bond donors (Lipinski definition) is 2. The van der Waals surface area contributed by atoms with Gasteiger partial charge in [-0.15, -0.1) is 0 Å². The molecule has 0 aromatic heterocycles. The largest absolute Gasteiger partial charge is 0.388 e. The lowest BCUT2D eigenvalue weighted by Crippen LogP contribution is -2.24. The highest BCUT2D eigenvalue weighted by atomic mass is 16.3. The molecule has 2 aliphatic carbocycles. The van der Waals surface area contributed by atoms with Crippen molar-refractivity contribution >= 4 is 0 Å². The molecule has 0 aliphatic heterocycles. The average molecular weight is 193 g/mol.